The predicted molar refractivity (Wildman–Crippen MR) is 62.9 cm³/mol. The third kappa shape index (κ3) is 2.67. The van der Waals surface area contributed by atoms with Crippen LogP contribution in [0.4, 0.5) is 0 Å². The van der Waals surface area contributed by atoms with Gasteiger partial charge in [0.15, 0.2) is 0 Å². The minimum absolute atomic E-state index is 0.854. The number of hydrogen-bond acceptors (Lipinski definition) is 3. The lowest BCUT2D eigenvalue weighted by Crippen LogP contribution is -2.11. The number of aromatic nitrogens is 3. The molecule has 0 aliphatic heterocycles. The maximum absolute atomic E-state index is 4.16. The first-order chi connectivity index (χ1) is 7.90. The van der Waals surface area contributed by atoms with E-state index in [0.29, 0.717) is 0 Å². The molecule has 0 aliphatic carbocycles. The van der Waals surface area contributed by atoms with Crippen molar-refractivity contribution in [1.82, 2.24) is 19.9 Å². The minimum atomic E-state index is 0.854. The summed E-state index contributed by atoms with van der Waals surface area (Å²) in [5.41, 5.74) is 2.47. The predicted octanol–water partition coefficient (Wildman–Crippen LogP) is 1.24. The Balaban J connectivity index is 1.97. The highest BCUT2D eigenvalue weighted by molar-refractivity contribution is 5.09. The molecule has 2 rings (SSSR count). The van der Waals surface area contributed by atoms with Crippen LogP contribution in [0.3, 0.4) is 0 Å². The second-order valence-electron chi connectivity index (χ2n) is 3.72. The maximum atomic E-state index is 4.16. The lowest BCUT2D eigenvalue weighted by molar-refractivity contribution is 0.637. The smallest absolute Gasteiger partial charge is 0.0948 e. The summed E-state index contributed by atoms with van der Waals surface area (Å²) in [4.78, 5) is 8.27. The molecule has 2 aromatic rings. The summed E-state index contributed by atoms with van der Waals surface area (Å²) in [6.07, 6.45) is 8.48. The molecule has 2 heterocycles. The van der Waals surface area contributed by atoms with Crippen molar-refractivity contribution in [3.8, 4) is 0 Å². The molecule has 2 aromatic heterocycles. The van der Waals surface area contributed by atoms with Crippen LogP contribution in [-0.2, 0) is 19.5 Å². The van der Waals surface area contributed by atoms with Crippen molar-refractivity contribution in [2.45, 2.75) is 19.5 Å². The number of imidazole rings is 1. The Morgan fingerprint density at radius 3 is 3.00 bits per heavy atom. The number of nitrogens with zero attached hydrogens (tertiary/aromatic N) is 3. The SMILES string of the molecule is CNCc1cncn1CCc1cccnc1. The fourth-order valence-corrected chi connectivity index (χ4v) is 1.67. The van der Waals surface area contributed by atoms with Crippen LogP contribution < -0.4 is 5.32 Å². The molecule has 0 radical (unpaired) electrons. The monoisotopic (exact) mass is 216 g/mol. The van der Waals surface area contributed by atoms with Crippen LogP contribution in [0, 0.1) is 0 Å². The van der Waals surface area contributed by atoms with Gasteiger partial charge in [-0.25, -0.2) is 4.98 Å². The molecular weight excluding hydrogens is 200 g/mol. The summed E-state index contributed by atoms with van der Waals surface area (Å²) in [6.45, 7) is 1.80. The summed E-state index contributed by atoms with van der Waals surface area (Å²) < 4.78 is 2.17. The van der Waals surface area contributed by atoms with Crippen molar-refractivity contribution in [1.29, 1.82) is 0 Å². The fraction of sp³-hybridized carbons (Fsp3) is 0.333. The lowest BCUT2D eigenvalue weighted by atomic mass is 10.2. The van der Waals surface area contributed by atoms with Gasteiger partial charge < -0.3 is 9.88 Å². The summed E-state index contributed by atoms with van der Waals surface area (Å²) in [7, 11) is 1.94. The zero-order valence-electron chi connectivity index (χ0n) is 9.43. The highest BCUT2D eigenvalue weighted by Gasteiger charge is 2.00. The van der Waals surface area contributed by atoms with Crippen LogP contribution in [0.15, 0.2) is 37.1 Å². The van der Waals surface area contributed by atoms with Crippen LogP contribution >= 0.6 is 0 Å². The van der Waals surface area contributed by atoms with E-state index >= 15 is 0 Å². The topological polar surface area (TPSA) is 42.7 Å². The van der Waals surface area contributed by atoms with E-state index < -0.39 is 0 Å². The van der Waals surface area contributed by atoms with Crippen LogP contribution in [0.2, 0.25) is 0 Å². The standard InChI is InChI=1S/C12H16N4/c1-13-8-12-9-15-10-16(12)6-4-11-3-2-5-14-7-11/h2-3,5,7,9-10,13H,4,6,8H2,1H3. The summed E-state index contributed by atoms with van der Waals surface area (Å²) in [5.74, 6) is 0. The molecule has 1 N–H and O–H groups in total. The molecule has 0 bridgehead atoms. The zero-order valence-corrected chi connectivity index (χ0v) is 9.43. The molecule has 16 heavy (non-hydrogen) atoms. The molecule has 0 saturated heterocycles. The first kappa shape index (κ1) is 10.8. The van der Waals surface area contributed by atoms with Crippen molar-refractivity contribution in [2.75, 3.05) is 7.05 Å². The first-order valence-electron chi connectivity index (χ1n) is 5.42. The van der Waals surface area contributed by atoms with E-state index in [2.05, 4.69) is 25.9 Å². The van der Waals surface area contributed by atoms with Gasteiger partial charge in [-0.3, -0.25) is 4.98 Å². The van der Waals surface area contributed by atoms with Crippen molar-refractivity contribution >= 4 is 0 Å². The Labute approximate surface area is 95.4 Å². The van der Waals surface area contributed by atoms with Crippen LogP contribution in [0.5, 0.6) is 0 Å². The largest absolute Gasteiger partial charge is 0.333 e. The average molecular weight is 216 g/mol. The van der Waals surface area contributed by atoms with Gasteiger partial charge in [0.25, 0.3) is 0 Å². The van der Waals surface area contributed by atoms with Gasteiger partial charge in [-0.15, -0.1) is 0 Å². The molecule has 84 valence electrons. The number of hydrogen-bond donors (Lipinski definition) is 1. The van der Waals surface area contributed by atoms with E-state index in [-0.39, 0.29) is 0 Å². The van der Waals surface area contributed by atoms with Crippen molar-refractivity contribution in [3.63, 3.8) is 0 Å². The molecule has 0 aliphatic rings. The van der Waals surface area contributed by atoms with Crippen molar-refractivity contribution in [3.05, 3.63) is 48.3 Å². The van der Waals surface area contributed by atoms with E-state index in [4.69, 9.17) is 0 Å². The number of pyridine rings is 1. The Morgan fingerprint density at radius 1 is 1.31 bits per heavy atom. The van der Waals surface area contributed by atoms with E-state index in [1.165, 1.54) is 11.3 Å². The van der Waals surface area contributed by atoms with Crippen LogP contribution in [-0.4, -0.2) is 21.6 Å². The molecule has 0 spiro atoms. The second-order valence-corrected chi connectivity index (χ2v) is 3.72. The van der Waals surface area contributed by atoms with Crippen molar-refractivity contribution < 1.29 is 0 Å². The van der Waals surface area contributed by atoms with E-state index in [9.17, 15) is 0 Å². The Hall–Kier alpha value is -1.68. The first-order valence-corrected chi connectivity index (χ1v) is 5.42. The quantitative estimate of drug-likeness (QED) is 0.817. The zero-order chi connectivity index (χ0) is 11.2. The van der Waals surface area contributed by atoms with Gasteiger partial charge in [0.2, 0.25) is 0 Å². The molecule has 0 atom stereocenters. The van der Waals surface area contributed by atoms with E-state index in [1.807, 2.05) is 31.8 Å². The Morgan fingerprint density at radius 2 is 2.25 bits per heavy atom. The van der Waals surface area contributed by atoms with Gasteiger partial charge >= 0.3 is 0 Å². The normalized spacial score (nSPS) is 10.6. The molecule has 4 heteroatoms. The van der Waals surface area contributed by atoms with Crippen LogP contribution in [0.1, 0.15) is 11.3 Å². The van der Waals surface area contributed by atoms with Gasteiger partial charge in [0.05, 0.1) is 12.0 Å². The Bertz CT molecular complexity index is 422. The van der Waals surface area contributed by atoms with Gasteiger partial charge in [0.1, 0.15) is 0 Å². The summed E-state index contributed by atoms with van der Waals surface area (Å²) in [6, 6.07) is 4.07. The number of nitrogens with one attached hydrogen (secondary N) is 1. The van der Waals surface area contributed by atoms with Gasteiger partial charge in [0, 0.05) is 31.7 Å². The summed E-state index contributed by atoms with van der Waals surface area (Å²) in [5, 5.41) is 3.14. The summed E-state index contributed by atoms with van der Waals surface area (Å²) >= 11 is 0. The van der Waals surface area contributed by atoms with E-state index in [1.54, 1.807) is 6.20 Å². The van der Waals surface area contributed by atoms with Gasteiger partial charge in [-0.05, 0) is 25.1 Å². The van der Waals surface area contributed by atoms with Gasteiger partial charge in [-0.1, -0.05) is 6.07 Å². The van der Waals surface area contributed by atoms with Crippen LogP contribution in [0.25, 0.3) is 0 Å². The number of rotatable bonds is 5. The highest BCUT2D eigenvalue weighted by Crippen LogP contribution is 2.03. The lowest BCUT2D eigenvalue weighted by Gasteiger charge is -2.07. The molecular formula is C12H16N4. The molecule has 0 amide bonds. The number of aryl methyl sites for hydroxylation is 2. The average Bonchev–Trinajstić information content (AvgIpc) is 2.76. The van der Waals surface area contributed by atoms with Gasteiger partial charge in [-0.2, -0.15) is 0 Å². The molecule has 0 unspecified atom stereocenters. The van der Waals surface area contributed by atoms with Crippen molar-refractivity contribution in [2.24, 2.45) is 0 Å². The highest BCUT2D eigenvalue weighted by atomic mass is 15.1. The second kappa shape index (κ2) is 5.42. The van der Waals surface area contributed by atoms with E-state index in [0.717, 1.165) is 19.5 Å². The fourth-order valence-electron chi connectivity index (χ4n) is 1.67. The molecule has 0 saturated carbocycles. The molecule has 4 nitrogen and oxygen atoms in total. The Kier molecular flexibility index (Phi) is 3.66. The third-order valence-electron chi connectivity index (χ3n) is 2.52. The molecule has 0 aromatic carbocycles. The maximum Gasteiger partial charge on any atom is 0.0948 e. The minimum Gasteiger partial charge on any atom is -0.333 e. The molecule has 0 fully saturated rings. The third-order valence-corrected chi connectivity index (χ3v) is 2.52.